The molecule has 2 rings (SSSR count). The van der Waals surface area contributed by atoms with Crippen LogP contribution in [0.3, 0.4) is 0 Å². The fourth-order valence-electron chi connectivity index (χ4n) is 3.41. The van der Waals surface area contributed by atoms with E-state index in [1.54, 1.807) is 0 Å². The van der Waals surface area contributed by atoms with E-state index in [-0.39, 0.29) is 23.1 Å². The van der Waals surface area contributed by atoms with Crippen molar-refractivity contribution < 1.29 is 9.59 Å². The molecule has 2 aliphatic rings. The quantitative estimate of drug-likeness (QED) is 0.554. The maximum Gasteiger partial charge on any atom is 0.318 e. The molecule has 0 aromatic carbocycles. The summed E-state index contributed by atoms with van der Waals surface area (Å²) in [5, 5.41) is 5.97. The first kappa shape index (κ1) is 18.9. The van der Waals surface area contributed by atoms with Crippen molar-refractivity contribution in [1.82, 2.24) is 20.4 Å². The van der Waals surface area contributed by atoms with Crippen LogP contribution in [0.5, 0.6) is 0 Å². The monoisotopic (exact) mass is 338 g/mol. The molecular weight excluding hydrogens is 304 g/mol. The lowest BCUT2D eigenvalue weighted by Crippen LogP contribution is -2.32. The van der Waals surface area contributed by atoms with Crippen LogP contribution in [0.4, 0.5) is 9.59 Å². The SMILES string of the molecule is C[C@H]1N(C(=O)NCCCCCCNC(=O)N2[C@H](C)C2(C)C)C1(C)C. The molecule has 2 aliphatic heterocycles. The summed E-state index contributed by atoms with van der Waals surface area (Å²) >= 11 is 0. The summed E-state index contributed by atoms with van der Waals surface area (Å²) in [6.45, 7) is 14.0. The van der Waals surface area contributed by atoms with Gasteiger partial charge < -0.3 is 20.4 Å². The highest BCUT2D eigenvalue weighted by Gasteiger charge is 2.55. The van der Waals surface area contributed by atoms with Gasteiger partial charge in [0.15, 0.2) is 0 Å². The zero-order valence-corrected chi connectivity index (χ0v) is 16.1. The Labute approximate surface area is 146 Å². The summed E-state index contributed by atoms with van der Waals surface area (Å²) in [6.07, 6.45) is 4.11. The molecule has 0 unspecified atom stereocenters. The Hall–Kier alpha value is -1.46. The number of amides is 4. The molecule has 0 aliphatic carbocycles. The van der Waals surface area contributed by atoms with Crippen LogP contribution in [0.25, 0.3) is 0 Å². The molecule has 0 saturated carbocycles. The number of nitrogens with one attached hydrogen (secondary N) is 2. The van der Waals surface area contributed by atoms with Crippen LogP contribution in [-0.4, -0.2) is 58.1 Å². The van der Waals surface area contributed by atoms with Crippen molar-refractivity contribution in [1.29, 1.82) is 0 Å². The number of rotatable bonds is 7. The van der Waals surface area contributed by atoms with Gasteiger partial charge in [-0.05, 0) is 54.4 Å². The first-order chi connectivity index (χ1) is 11.1. The molecule has 2 fully saturated rings. The van der Waals surface area contributed by atoms with Gasteiger partial charge in [-0.1, -0.05) is 12.8 Å². The van der Waals surface area contributed by atoms with Crippen LogP contribution in [0, 0.1) is 0 Å². The number of hydrogen-bond acceptors (Lipinski definition) is 2. The summed E-state index contributed by atoms with van der Waals surface area (Å²) in [5.41, 5.74) is 0.0118. The zero-order chi connectivity index (χ0) is 18.1. The van der Waals surface area contributed by atoms with Crippen LogP contribution in [-0.2, 0) is 0 Å². The highest BCUT2D eigenvalue weighted by atomic mass is 16.2. The van der Waals surface area contributed by atoms with Gasteiger partial charge in [-0.2, -0.15) is 0 Å². The van der Waals surface area contributed by atoms with Crippen LogP contribution < -0.4 is 10.6 Å². The van der Waals surface area contributed by atoms with E-state index in [0.29, 0.717) is 12.1 Å². The zero-order valence-electron chi connectivity index (χ0n) is 16.1. The van der Waals surface area contributed by atoms with Gasteiger partial charge in [-0.25, -0.2) is 9.59 Å². The largest absolute Gasteiger partial charge is 0.338 e. The van der Waals surface area contributed by atoms with E-state index in [1.807, 2.05) is 9.80 Å². The van der Waals surface area contributed by atoms with Crippen molar-refractivity contribution in [2.75, 3.05) is 13.1 Å². The summed E-state index contributed by atoms with van der Waals surface area (Å²) in [5.74, 6) is 0. The summed E-state index contributed by atoms with van der Waals surface area (Å²) in [7, 11) is 0. The van der Waals surface area contributed by atoms with Crippen LogP contribution in [0.2, 0.25) is 0 Å². The third kappa shape index (κ3) is 3.78. The van der Waals surface area contributed by atoms with E-state index in [0.717, 1.165) is 38.8 Å². The second-order valence-electron chi connectivity index (χ2n) is 8.28. The molecular formula is C18H34N4O2. The Balaban J connectivity index is 1.44. The Morgan fingerprint density at radius 2 is 1.04 bits per heavy atom. The smallest absolute Gasteiger partial charge is 0.318 e. The van der Waals surface area contributed by atoms with Gasteiger partial charge in [-0.3, -0.25) is 0 Å². The average Bonchev–Trinajstić information content (AvgIpc) is 3.20. The molecule has 0 spiro atoms. The summed E-state index contributed by atoms with van der Waals surface area (Å²) in [4.78, 5) is 27.7. The normalized spacial score (nSPS) is 26.1. The predicted octanol–water partition coefficient (Wildman–Crippen LogP) is 2.93. The van der Waals surface area contributed by atoms with E-state index in [2.05, 4.69) is 52.2 Å². The minimum Gasteiger partial charge on any atom is -0.338 e. The fourth-order valence-corrected chi connectivity index (χ4v) is 3.41. The average molecular weight is 338 g/mol. The van der Waals surface area contributed by atoms with Gasteiger partial charge in [0.1, 0.15) is 0 Å². The van der Waals surface area contributed by atoms with Gasteiger partial charge in [-0.15, -0.1) is 0 Å². The van der Waals surface area contributed by atoms with Gasteiger partial charge in [0.2, 0.25) is 0 Å². The third-order valence-electron chi connectivity index (χ3n) is 6.02. The fraction of sp³-hybridized carbons (Fsp3) is 0.889. The van der Waals surface area contributed by atoms with E-state index in [9.17, 15) is 9.59 Å². The third-order valence-corrected chi connectivity index (χ3v) is 6.02. The van der Waals surface area contributed by atoms with Gasteiger partial charge in [0.05, 0.1) is 23.2 Å². The minimum absolute atomic E-state index is 0.00589. The standard InChI is InChI=1S/C18H34N4O2/c1-13-17(3,4)21(13)15(23)19-11-9-7-8-10-12-20-16(24)22-14(2)18(22,5)6/h13-14H,7-12H2,1-6H3,(H,19,23)(H,20,24)/t13-,14-,21?,22?/m1/s1. The molecule has 138 valence electrons. The number of nitrogens with zero attached hydrogens (tertiary/aromatic N) is 2. The maximum absolute atomic E-state index is 12.0. The molecule has 6 heteroatoms. The predicted molar refractivity (Wildman–Crippen MR) is 96.0 cm³/mol. The van der Waals surface area contributed by atoms with E-state index in [4.69, 9.17) is 0 Å². The molecule has 4 amide bonds. The topological polar surface area (TPSA) is 64.2 Å². The molecule has 2 saturated heterocycles. The summed E-state index contributed by atoms with van der Waals surface area (Å²) < 4.78 is 0. The van der Waals surface area contributed by atoms with Crippen molar-refractivity contribution in [3.63, 3.8) is 0 Å². The minimum atomic E-state index is 0.00589. The lowest BCUT2D eigenvalue weighted by atomic mass is 10.2. The van der Waals surface area contributed by atoms with Crippen molar-refractivity contribution in [2.45, 2.75) is 90.4 Å². The van der Waals surface area contributed by atoms with Crippen molar-refractivity contribution in [2.24, 2.45) is 0 Å². The Morgan fingerprint density at radius 3 is 1.29 bits per heavy atom. The Bertz CT molecular complexity index is 445. The summed E-state index contributed by atoms with van der Waals surface area (Å²) in [6, 6.07) is 0.761. The molecule has 0 aromatic heterocycles. The van der Waals surface area contributed by atoms with Crippen LogP contribution in [0.15, 0.2) is 0 Å². The highest BCUT2D eigenvalue weighted by Crippen LogP contribution is 2.40. The van der Waals surface area contributed by atoms with Gasteiger partial charge >= 0.3 is 12.1 Å². The van der Waals surface area contributed by atoms with Crippen molar-refractivity contribution in [3.8, 4) is 0 Å². The lowest BCUT2D eigenvalue weighted by Gasteiger charge is -2.10. The highest BCUT2D eigenvalue weighted by molar-refractivity contribution is 5.79. The van der Waals surface area contributed by atoms with Crippen molar-refractivity contribution >= 4 is 12.1 Å². The van der Waals surface area contributed by atoms with Crippen LogP contribution >= 0.6 is 0 Å². The molecule has 2 N–H and O–H groups in total. The Kier molecular flexibility index (Phi) is 5.35. The lowest BCUT2D eigenvalue weighted by molar-refractivity contribution is 0.221. The number of unbranched alkanes of at least 4 members (excludes halogenated alkanes) is 3. The molecule has 2 atom stereocenters. The molecule has 0 bridgehead atoms. The van der Waals surface area contributed by atoms with Gasteiger partial charge in [0, 0.05) is 13.1 Å². The number of carbonyl (C=O) groups excluding carboxylic acids is 2. The second kappa shape index (κ2) is 6.81. The number of hydrogen-bond donors (Lipinski definition) is 2. The van der Waals surface area contributed by atoms with E-state index < -0.39 is 0 Å². The second-order valence-corrected chi connectivity index (χ2v) is 8.28. The van der Waals surface area contributed by atoms with Crippen molar-refractivity contribution in [3.05, 3.63) is 0 Å². The molecule has 0 aromatic rings. The van der Waals surface area contributed by atoms with E-state index in [1.165, 1.54) is 0 Å². The van der Waals surface area contributed by atoms with E-state index >= 15 is 0 Å². The first-order valence-electron chi connectivity index (χ1n) is 9.26. The van der Waals surface area contributed by atoms with Crippen LogP contribution in [0.1, 0.15) is 67.2 Å². The molecule has 0 radical (unpaired) electrons. The first-order valence-corrected chi connectivity index (χ1v) is 9.26. The number of carbonyl (C=O) groups is 2. The maximum atomic E-state index is 12.0. The van der Waals surface area contributed by atoms with Gasteiger partial charge in [0.25, 0.3) is 0 Å². The number of urea groups is 2. The molecule has 2 heterocycles. The Morgan fingerprint density at radius 1 is 0.750 bits per heavy atom. The molecule has 24 heavy (non-hydrogen) atoms. The molecule has 6 nitrogen and oxygen atoms in total.